The zero-order valence-electron chi connectivity index (χ0n) is 11.6. The van der Waals surface area contributed by atoms with E-state index in [1.54, 1.807) is 6.07 Å². The molecule has 1 fully saturated rings. The number of rotatable bonds is 3. The van der Waals surface area contributed by atoms with Gasteiger partial charge >= 0.3 is 0 Å². The molecule has 104 valence electrons. The fourth-order valence-corrected chi connectivity index (χ4v) is 2.42. The monoisotopic (exact) mass is 262 g/mol. The molecule has 1 aromatic rings. The first-order valence-corrected chi connectivity index (χ1v) is 6.78. The molecule has 0 spiro atoms. The van der Waals surface area contributed by atoms with Crippen molar-refractivity contribution in [3.8, 4) is 0 Å². The van der Waals surface area contributed by atoms with Gasteiger partial charge < -0.3 is 15.8 Å². The summed E-state index contributed by atoms with van der Waals surface area (Å²) < 4.78 is 0. The van der Waals surface area contributed by atoms with Crippen molar-refractivity contribution < 1.29 is 5.21 Å². The standard InChI is InChI=1S/C14H22N4O/c1-3-14(2)7-9-18(10-8-14)12-6-4-5-11(16-12)13(15)17-19/h4-6,19H,3,7-10H2,1-2H3,(H2,15,17). The van der Waals surface area contributed by atoms with Crippen LogP contribution in [0.3, 0.4) is 0 Å². The Kier molecular flexibility index (Phi) is 3.93. The van der Waals surface area contributed by atoms with E-state index in [9.17, 15) is 0 Å². The van der Waals surface area contributed by atoms with Crippen LogP contribution in [0.15, 0.2) is 23.4 Å². The summed E-state index contributed by atoms with van der Waals surface area (Å²) in [7, 11) is 0. The fourth-order valence-electron chi connectivity index (χ4n) is 2.42. The van der Waals surface area contributed by atoms with Gasteiger partial charge in [0.05, 0.1) is 0 Å². The van der Waals surface area contributed by atoms with E-state index >= 15 is 0 Å². The second-order valence-electron chi connectivity index (χ2n) is 5.52. The molecule has 1 saturated heterocycles. The SMILES string of the molecule is CCC1(C)CCN(c2cccc(C(N)=NO)n2)CC1. The van der Waals surface area contributed by atoms with Gasteiger partial charge in [-0.15, -0.1) is 0 Å². The lowest BCUT2D eigenvalue weighted by Gasteiger charge is -2.39. The third-order valence-electron chi connectivity index (χ3n) is 4.25. The minimum Gasteiger partial charge on any atom is -0.409 e. The van der Waals surface area contributed by atoms with Crippen molar-refractivity contribution in [2.75, 3.05) is 18.0 Å². The number of aromatic nitrogens is 1. The third kappa shape index (κ3) is 2.97. The van der Waals surface area contributed by atoms with E-state index in [0.29, 0.717) is 11.1 Å². The number of piperidine rings is 1. The Balaban J connectivity index is 2.12. The van der Waals surface area contributed by atoms with E-state index in [4.69, 9.17) is 10.9 Å². The molecule has 0 aromatic carbocycles. The normalized spacial score (nSPS) is 19.5. The molecule has 0 saturated carbocycles. The quantitative estimate of drug-likeness (QED) is 0.379. The van der Waals surface area contributed by atoms with Crippen LogP contribution in [0.25, 0.3) is 0 Å². The van der Waals surface area contributed by atoms with Crippen LogP contribution < -0.4 is 10.6 Å². The summed E-state index contributed by atoms with van der Waals surface area (Å²) in [5.74, 6) is 0.958. The maximum absolute atomic E-state index is 8.70. The number of hydrogen-bond acceptors (Lipinski definition) is 4. The second-order valence-corrected chi connectivity index (χ2v) is 5.52. The summed E-state index contributed by atoms with van der Waals surface area (Å²) in [6, 6.07) is 5.62. The van der Waals surface area contributed by atoms with Crippen molar-refractivity contribution in [1.29, 1.82) is 0 Å². The molecule has 19 heavy (non-hydrogen) atoms. The molecule has 0 radical (unpaired) electrons. The Hall–Kier alpha value is -1.78. The molecule has 1 aliphatic rings. The molecule has 2 heterocycles. The van der Waals surface area contributed by atoms with Crippen LogP contribution >= 0.6 is 0 Å². The minimum absolute atomic E-state index is 0.0530. The van der Waals surface area contributed by atoms with E-state index in [1.807, 2.05) is 12.1 Å². The van der Waals surface area contributed by atoms with E-state index in [2.05, 4.69) is 28.9 Å². The van der Waals surface area contributed by atoms with Gasteiger partial charge in [-0.1, -0.05) is 31.5 Å². The van der Waals surface area contributed by atoms with E-state index in [1.165, 1.54) is 19.3 Å². The van der Waals surface area contributed by atoms with E-state index < -0.39 is 0 Å². The largest absolute Gasteiger partial charge is 0.409 e. The van der Waals surface area contributed by atoms with Crippen LogP contribution in [0.5, 0.6) is 0 Å². The number of anilines is 1. The highest BCUT2D eigenvalue weighted by Crippen LogP contribution is 2.35. The predicted molar refractivity (Wildman–Crippen MR) is 76.6 cm³/mol. The van der Waals surface area contributed by atoms with Gasteiger partial charge in [0.15, 0.2) is 5.84 Å². The maximum atomic E-state index is 8.70. The Morgan fingerprint density at radius 3 is 2.74 bits per heavy atom. The summed E-state index contributed by atoms with van der Waals surface area (Å²) in [6.45, 7) is 6.63. The number of nitrogens with zero attached hydrogens (tertiary/aromatic N) is 3. The molecule has 0 aliphatic carbocycles. The highest BCUT2D eigenvalue weighted by molar-refractivity contribution is 5.95. The predicted octanol–water partition coefficient (Wildman–Crippen LogP) is 2.19. The average molecular weight is 262 g/mol. The molecule has 3 N–H and O–H groups in total. The van der Waals surface area contributed by atoms with Gasteiger partial charge in [0.25, 0.3) is 0 Å². The zero-order valence-corrected chi connectivity index (χ0v) is 11.6. The van der Waals surface area contributed by atoms with Crippen molar-refractivity contribution in [1.82, 2.24) is 4.98 Å². The Labute approximate surface area is 114 Å². The summed E-state index contributed by atoms with van der Waals surface area (Å²) >= 11 is 0. The maximum Gasteiger partial charge on any atom is 0.188 e. The summed E-state index contributed by atoms with van der Waals surface area (Å²) in [5.41, 5.74) is 6.55. The van der Waals surface area contributed by atoms with Gasteiger partial charge in [-0.2, -0.15) is 0 Å². The Morgan fingerprint density at radius 1 is 1.47 bits per heavy atom. The van der Waals surface area contributed by atoms with Crippen LogP contribution in [0.2, 0.25) is 0 Å². The van der Waals surface area contributed by atoms with Crippen LogP contribution in [-0.4, -0.2) is 29.1 Å². The first-order chi connectivity index (χ1) is 9.08. The van der Waals surface area contributed by atoms with Crippen molar-refractivity contribution in [3.63, 3.8) is 0 Å². The number of amidine groups is 1. The van der Waals surface area contributed by atoms with Crippen LogP contribution in [0.4, 0.5) is 5.82 Å². The smallest absolute Gasteiger partial charge is 0.188 e. The van der Waals surface area contributed by atoms with E-state index in [0.717, 1.165) is 18.9 Å². The van der Waals surface area contributed by atoms with Crippen molar-refractivity contribution in [2.45, 2.75) is 33.1 Å². The van der Waals surface area contributed by atoms with Crippen LogP contribution in [0, 0.1) is 5.41 Å². The summed E-state index contributed by atoms with van der Waals surface area (Å²) in [4.78, 5) is 6.72. The Bertz CT molecular complexity index is 464. The lowest BCUT2D eigenvalue weighted by Crippen LogP contribution is -2.39. The summed E-state index contributed by atoms with van der Waals surface area (Å²) in [5, 5.41) is 11.7. The van der Waals surface area contributed by atoms with Crippen molar-refractivity contribution in [3.05, 3.63) is 23.9 Å². The molecule has 1 aliphatic heterocycles. The zero-order chi connectivity index (χ0) is 13.9. The van der Waals surface area contributed by atoms with Gasteiger partial charge in [0.1, 0.15) is 11.5 Å². The number of pyridine rings is 1. The minimum atomic E-state index is 0.0530. The van der Waals surface area contributed by atoms with Gasteiger partial charge in [0.2, 0.25) is 0 Å². The molecule has 0 amide bonds. The number of nitrogens with two attached hydrogens (primary N) is 1. The number of oxime groups is 1. The first kappa shape index (κ1) is 13.6. The highest BCUT2D eigenvalue weighted by Gasteiger charge is 2.28. The molecule has 5 nitrogen and oxygen atoms in total. The van der Waals surface area contributed by atoms with E-state index in [-0.39, 0.29) is 5.84 Å². The lowest BCUT2D eigenvalue weighted by atomic mass is 9.78. The highest BCUT2D eigenvalue weighted by atomic mass is 16.4. The molecule has 0 bridgehead atoms. The summed E-state index contributed by atoms with van der Waals surface area (Å²) in [6.07, 6.45) is 3.58. The van der Waals surface area contributed by atoms with Crippen LogP contribution in [0.1, 0.15) is 38.8 Å². The molecule has 5 heteroatoms. The second kappa shape index (κ2) is 5.47. The third-order valence-corrected chi connectivity index (χ3v) is 4.25. The van der Waals surface area contributed by atoms with Gasteiger partial charge in [-0.25, -0.2) is 4.98 Å². The van der Waals surface area contributed by atoms with Gasteiger partial charge in [0, 0.05) is 13.1 Å². The number of hydrogen-bond donors (Lipinski definition) is 2. The molecule has 0 unspecified atom stereocenters. The lowest BCUT2D eigenvalue weighted by molar-refractivity contribution is 0.238. The van der Waals surface area contributed by atoms with Crippen molar-refractivity contribution >= 4 is 11.7 Å². The molecule has 1 aromatic heterocycles. The molecule has 0 atom stereocenters. The molecular weight excluding hydrogens is 240 g/mol. The topological polar surface area (TPSA) is 74.7 Å². The Morgan fingerprint density at radius 2 is 2.16 bits per heavy atom. The van der Waals surface area contributed by atoms with Crippen LogP contribution in [-0.2, 0) is 0 Å². The van der Waals surface area contributed by atoms with Gasteiger partial charge in [-0.05, 0) is 30.4 Å². The first-order valence-electron chi connectivity index (χ1n) is 6.78. The average Bonchev–Trinajstić information content (AvgIpc) is 2.47. The molecular formula is C14H22N4O. The molecule has 2 rings (SSSR count). The fraction of sp³-hybridized carbons (Fsp3) is 0.571. The van der Waals surface area contributed by atoms with Crippen molar-refractivity contribution in [2.24, 2.45) is 16.3 Å². The van der Waals surface area contributed by atoms with Gasteiger partial charge in [-0.3, -0.25) is 0 Å².